The largest absolute Gasteiger partial charge is 0.460 e. The molecule has 1 fully saturated rings. The zero-order valence-corrected chi connectivity index (χ0v) is 12.5. The van der Waals surface area contributed by atoms with Crippen molar-refractivity contribution in [2.45, 2.75) is 51.7 Å². The van der Waals surface area contributed by atoms with Gasteiger partial charge in [-0.3, -0.25) is 4.79 Å². The molecule has 20 heavy (non-hydrogen) atoms. The van der Waals surface area contributed by atoms with E-state index in [2.05, 4.69) is 12.1 Å². The average Bonchev–Trinajstić information content (AvgIpc) is 2.70. The third-order valence-electron chi connectivity index (χ3n) is 3.79. The van der Waals surface area contributed by atoms with Crippen LogP contribution in [-0.2, 0) is 16.0 Å². The maximum absolute atomic E-state index is 12.1. The zero-order valence-electron chi connectivity index (χ0n) is 12.5. The van der Waals surface area contributed by atoms with Crippen molar-refractivity contribution in [3.8, 4) is 0 Å². The van der Waals surface area contributed by atoms with Crippen LogP contribution in [0.4, 0.5) is 0 Å². The van der Waals surface area contributed by atoms with Gasteiger partial charge in [0.25, 0.3) is 0 Å². The smallest absolute Gasteiger partial charge is 0.312 e. The van der Waals surface area contributed by atoms with Gasteiger partial charge in [-0.2, -0.15) is 0 Å². The number of aliphatic hydroxyl groups excluding tert-OH is 1. The molecule has 0 aliphatic heterocycles. The van der Waals surface area contributed by atoms with Crippen LogP contribution in [0.3, 0.4) is 0 Å². The van der Waals surface area contributed by atoms with Crippen molar-refractivity contribution in [1.82, 2.24) is 0 Å². The normalized spacial score (nSPS) is 26.5. The van der Waals surface area contributed by atoms with E-state index in [-0.39, 0.29) is 17.8 Å². The highest BCUT2D eigenvalue weighted by Crippen LogP contribution is 2.35. The van der Waals surface area contributed by atoms with Gasteiger partial charge in [-0.25, -0.2) is 0 Å². The fraction of sp³-hybridized carbons (Fsp3) is 0.588. The van der Waals surface area contributed by atoms with Gasteiger partial charge in [0, 0.05) is 0 Å². The fourth-order valence-corrected chi connectivity index (χ4v) is 2.84. The predicted octanol–water partition coefficient (Wildman–Crippen LogP) is 2.96. The van der Waals surface area contributed by atoms with Gasteiger partial charge in [0.05, 0.1) is 12.0 Å². The quantitative estimate of drug-likeness (QED) is 0.863. The molecule has 1 aliphatic rings. The number of aliphatic hydroxyl groups is 1. The lowest BCUT2D eigenvalue weighted by Gasteiger charge is -2.24. The molecule has 3 atom stereocenters. The second kappa shape index (κ2) is 5.96. The van der Waals surface area contributed by atoms with Crippen molar-refractivity contribution in [2.75, 3.05) is 0 Å². The Morgan fingerprint density at radius 2 is 1.90 bits per heavy atom. The lowest BCUT2D eigenvalue weighted by atomic mass is 9.94. The number of carbonyl (C=O) groups excluding carboxylic acids is 1. The third kappa shape index (κ3) is 3.83. The SMILES string of the molecule is CC(C)(C)OC(=O)C1CCC(Cc2ccccc2)C1O. The number of ether oxygens (including phenoxy) is 1. The highest BCUT2D eigenvalue weighted by Gasteiger charge is 2.40. The zero-order chi connectivity index (χ0) is 14.8. The van der Waals surface area contributed by atoms with Crippen LogP contribution < -0.4 is 0 Å². The van der Waals surface area contributed by atoms with Crippen LogP contribution in [0, 0.1) is 11.8 Å². The van der Waals surface area contributed by atoms with Crippen LogP contribution in [0.1, 0.15) is 39.2 Å². The molecule has 110 valence electrons. The van der Waals surface area contributed by atoms with Crippen molar-refractivity contribution in [2.24, 2.45) is 11.8 Å². The molecular weight excluding hydrogens is 252 g/mol. The molecule has 0 heterocycles. The summed E-state index contributed by atoms with van der Waals surface area (Å²) in [4.78, 5) is 12.1. The number of benzene rings is 1. The summed E-state index contributed by atoms with van der Waals surface area (Å²) in [6, 6.07) is 10.1. The van der Waals surface area contributed by atoms with Gasteiger partial charge in [0.15, 0.2) is 0 Å². The van der Waals surface area contributed by atoms with Crippen molar-refractivity contribution in [3.63, 3.8) is 0 Å². The summed E-state index contributed by atoms with van der Waals surface area (Å²) in [5, 5.41) is 10.4. The summed E-state index contributed by atoms with van der Waals surface area (Å²) in [5.41, 5.74) is 0.718. The maximum atomic E-state index is 12.1. The van der Waals surface area contributed by atoms with Gasteiger partial charge in [0.2, 0.25) is 0 Å². The molecule has 3 unspecified atom stereocenters. The monoisotopic (exact) mass is 276 g/mol. The van der Waals surface area contributed by atoms with Crippen LogP contribution in [0.25, 0.3) is 0 Å². The Kier molecular flexibility index (Phi) is 4.48. The van der Waals surface area contributed by atoms with E-state index in [0.29, 0.717) is 6.42 Å². The second-order valence-electron chi connectivity index (χ2n) is 6.66. The first-order valence-electron chi connectivity index (χ1n) is 7.31. The third-order valence-corrected chi connectivity index (χ3v) is 3.79. The number of rotatable bonds is 3. The molecule has 0 aromatic heterocycles. The average molecular weight is 276 g/mol. The Hall–Kier alpha value is -1.35. The van der Waals surface area contributed by atoms with Crippen LogP contribution >= 0.6 is 0 Å². The molecule has 1 saturated carbocycles. The molecule has 3 heteroatoms. The Morgan fingerprint density at radius 3 is 2.50 bits per heavy atom. The van der Waals surface area contributed by atoms with E-state index in [9.17, 15) is 9.90 Å². The van der Waals surface area contributed by atoms with Crippen LogP contribution in [0.5, 0.6) is 0 Å². The molecule has 0 bridgehead atoms. The summed E-state index contributed by atoms with van der Waals surface area (Å²) in [5.74, 6) is -0.488. The minimum atomic E-state index is -0.593. The van der Waals surface area contributed by atoms with Crippen molar-refractivity contribution < 1.29 is 14.6 Å². The summed E-state index contributed by atoms with van der Waals surface area (Å²) < 4.78 is 5.39. The minimum Gasteiger partial charge on any atom is -0.460 e. The van der Waals surface area contributed by atoms with E-state index in [0.717, 1.165) is 12.8 Å². The molecule has 1 aromatic carbocycles. The number of esters is 1. The molecule has 2 rings (SSSR count). The summed E-state index contributed by atoms with van der Waals surface area (Å²) >= 11 is 0. The van der Waals surface area contributed by atoms with E-state index >= 15 is 0 Å². The molecule has 1 aliphatic carbocycles. The molecule has 1 N–H and O–H groups in total. The van der Waals surface area contributed by atoms with E-state index in [1.54, 1.807) is 0 Å². The van der Waals surface area contributed by atoms with E-state index < -0.39 is 11.7 Å². The number of hydrogen-bond acceptors (Lipinski definition) is 3. The Labute approximate surface area is 121 Å². The van der Waals surface area contributed by atoms with Gasteiger partial charge in [-0.1, -0.05) is 30.3 Å². The van der Waals surface area contributed by atoms with Gasteiger partial charge in [-0.15, -0.1) is 0 Å². The highest BCUT2D eigenvalue weighted by molar-refractivity contribution is 5.74. The molecule has 0 radical (unpaired) electrons. The summed E-state index contributed by atoms with van der Waals surface area (Å²) in [6.07, 6.45) is 1.82. The molecular formula is C17H24O3. The molecule has 1 aromatic rings. The molecule has 3 nitrogen and oxygen atoms in total. The van der Waals surface area contributed by atoms with Crippen molar-refractivity contribution in [1.29, 1.82) is 0 Å². The summed E-state index contributed by atoms with van der Waals surface area (Å²) in [7, 11) is 0. The van der Waals surface area contributed by atoms with Gasteiger partial charge < -0.3 is 9.84 Å². The van der Waals surface area contributed by atoms with Crippen molar-refractivity contribution in [3.05, 3.63) is 35.9 Å². The fourth-order valence-electron chi connectivity index (χ4n) is 2.84. The lowest BCUT2D eigenvalue weighted by molar-refractivity contribution is -0.163. The predicted molar refractivity (Wildman–Crippen MR) is 78.2 cm³/mol. The van der Waals surface area contributed by atoms with Gasteiger partial charge in [-0.05, 0) is 51.5 Å². The summed E-state index contributed by atoms with van der Waals surface area (Å²) in [6.45, 7) is 5.56. The number of carbonyl (C=O) groups is 1. The maximum Gasteiger partial charge on any atom is 0.312 e. The number of hydrogen-bond donors (Lipinski definition) is 1. The molecule has 0 spiro atoms. The first kappa shape index (κ1) is 15.0. The van der Waals surface area contributed by atoms with E-state index in [1.807, 2.05) is 39.0 Å². The minimum absolute atomic E-state index is 0.148. The standard InChI is InChI=1S/C17H24O3/c1-17(2,3)20-16(19)14-10-9-13(15(14)18)11-12-7-5-4-6-8-12/h4-8,13-15,18H,9-11H2,1-3H3. The second-order valence-corrected chi connectivity index (χ2v) is 6.66. The molecule has 0 amide bonds. The van der Waals surface area contributed by atoms with E-state index in [4.69, 9.17) is 4.74 Å². The lowest BCUT2D eigenvalue weighted by Crippen LogP contribution is -2.34. The van der Waals surface area contributed by atoms with E-state index in [1.165, 1.54) is 5.56 Å². The van der Waals surface area contributed by atoms with Gasteiger partial charge >= 0.3 is 5.97 Å². The Bertz CT molecular complexity index is 447. The van der Waals surface area contributed by atoms with Crippen molar-refractivity contribution >= 4 is 5.97 Å². The first-order valence-corrected chi connectivity index (χ1v) is 7.31. The molecule has 0 saturated heterocycles. The topological polar surface area (TPSA) is 46.5 Å². The van der Waals surface area contributed by atoms with Gasteiger partial charge in [0.1, 0.15) is 5.60 Å². The van der Waals surface area contributed by atoms with Crippen LogP contribution in [0.15, 0.2) is 30.3 Å². The Balaban J connectivity index is 1.95. The Morgan fingerprint density at radius 1 is 1.25 bits per heavy atom. The highest BCUT2D eigenvalue weighted by atomic mass is 16.6. The van der Waals surface area contributed by atoms with Crippen LogP contribution in [0.2, 0.25) is 0 Å². The van der Waals surface area contributed by atoms with Crippen LogP contribution in [-0.4, -0.2) is 22.8 Å². The first-order chi connectivity index (χ1) is 9.37.